The third kappa shape index (κ3) is 4.09. The van der Waals surface area contributed by atoms with Gasteiger partial charge in [-0.1, -0.05) is 12.1 Å². The molecule has 0 aliphatic carbocycles. The lowest BCUT2D eigenvalue weighted by Crippen LogP contribution is -1.98. The maximum Gasteiger partial charge on any atom is 0.188 e. The number of rotatable bonds is 5. The molecule has 0 bridgehead atoms. The second-order valence-corrected chi connectivity index (χ2v) is 3.35. The van der Waals surface area contributed by atoms with Crippen molar-refractivity contribution in [2.24, 2.45) is 0 Å². The Kier molecular flexibility index (Phi) is 4.92. The second kappa shape index (κ2) is 6.46. The Morgan fingerprint density at radius 2 is 2.06 bits per heavy atom. The van der Waals surface area contributed by atoms with Crippen LogP contribution in [0.2, 0.25) is 0 Å². The van der Waals surface area contributed by atoms with E-state index in [1.807, 2.05) is 6.07 Å². The van der Waals surface area contributed by atoms with Crippen molar-refractivity contribution in [2.45, 2.75) is 6.92 Å². The number of hydrogen-bond donors (Lipinski definition) is 0. The van der Waals surface area contributed by atoms with E-state index in [0.717, 1.165) is 5.56 Å². The summed E-state index contributed by atoms with van der Waals surface area (Å²) in [7, 11) is 1.54. The largest absolute Gasteiger partial charge is 0.468 e. The predicted molar refractivity (Wildman–Crippen MR) is 63.2 cm³/mol. The van der Waals surface area contributed by atoms with E-state index in [1.165, 1.54) is 6.92 Å². The van der Waals surface area contributed by atoms with Gasteiger partial charge in [-0.15, -0.1) is 0 Å². The average Bonchev–Trinajstić information content (AvgIpc) is 2.34. The molecular weight excluding hydrogens is 218 g/mol. The summed E-state index contributed by atoms with van der Waals surface area (Å²) < 4.78 is 9.98. The Morgan fingerprint density at radius 3 is 2.53 bits per heavy atom. The Morgan fingerprint density at radius 1 is 1.41 bits per heavy atom. The number of allylic oxidation sites excluding steroid dienone is 1. The number of hydrogen-bond acceptors (Lipinski definition) is 4. The Bertz CT molecular complexity index is 455. The minimum absolute atomic E-state index is 0.135. The van der Waals surface area contributed by atoms with E-state index in [1.54, 1.807) is 37.5 Å². The first kappa shape index (κ1) is 12.9. The molecule has 0 amide bonds. The van der Waals surface area contributed by atoms with Crippen molar-refractivity contribution in [1.29, 1.82) is 5.26 Å². The van der Waals surface area contributed by atoms with E-state index in [2.05, 4.69) is 0 Å². The Hall–Kier alpha value is -2.12. The lowest BCUT2D eigenvalue weighted by atomic mass is 10.1. The van der Waals surface area contributed by atoms with Crippen molar-refractivity contribution in [3.05, 3.63) is 35.4 Å². The summed E-state index contributed by atoms with van der Waals surface area (Å²) in [4.78, 5) is 11.1. The molecule has 88 valence electrons. The molecule has 1 aromatic rings. The van der Waals surface area contributed by atoms with E-state index in [-0.39, 0.29) is 18.1 Å². The third-order valence-corrected chi connectivity index (χ3v) is 2.03. The number of methoxy groups -OCH3 is 1. The average molecular weight is 231 g/mol. The van der Waals surface area contributed by atoms with E-state index in [9.17, 15) is 4.79 Å². The molecule has 17 heavy (non-hydrogen) atoms. The van der Waals surface area contributed by atoms with E-state index in [0.29, 0.717) is 5.75 Å². The van der Waals surface area contributed by atoms with Gasteiger partial charge in [-0.25, -0.2) is 0 Å². The molecule has 0 saturated heterocycles. The van der Waals surface area contributed by atoms with Gasteiger partial charge in [-0.05, 0) is 30.7 Å². The van der Waals surface area contributed by atoms with Crippen LogP contribution in [0.15, 0.2) is 29.8 Å². The Labute approximate surface area is 100 Å². The van der Waals surface area contributed by atoms with Crippen molar-refractivity contribution in [3.8, 4) is 11.8 Å². The second-order valence-electron chi connectivity index (χ2n) is 3.35. The highest BCUT2D eigenvalue weighted by atomic mass is 16.7. The van der Waals surface area contributed by atoms with Gasteiger partial charge < -0.3 is 9.47 Å². The number of nitrogens with zero attached hydrogens (tertiary/aromatic N) is 1. The topological polar surface area (TPSA) is 59.3 Å². The zero-order valence-corrected chi connectivity index (χ0v) is 9.77. The molecule has 0 unspecified atom stereocenters. The number of ether oxygens (including phenoxy) is 2. The standard InChI is InChI=1S/C13H13NO3/c1-10(15)12(8-14)7-11-3-5-13(6-4-11)17-9-16-2/h3-7H,9H2,1-2H3/b12-7+. The van der Waals surface area contributed by atoms with Gasteiger partial charge >= 0.3 is 0 Å². The monoisotopic (exact) mass is 231 g/mol. The fraction of sp³-hybridized carbons (Fsp3) is 0.231. The fourth-order valence-corrected chi connectivity index (χ4v) is 1.17. The van der Waals surface area contributed by atoms with Gasteiger partial charge in [-0.3, -0.25) is 4.79 Å². The Balaban J connectivity index is 2.81. The van der Waals surface area contributed by atoms with Crippen LogP contribution in [0.4, 0.5) is 0 Å². The van der Waals surface area contributed by atoms with Crippen LogP contribution >= 0.6 is 0 Å². The summed E-state index contributed by atoms with van der Waals surface area (Å²) in [5, 5.41) is 8.75. The highest BCUT2D eigenvalue weighted by Gasteiger charge is 2.02. The number of carbonyl (C=O) groups is 1. The molecule has 4 nitrogen and oxygen atoms in total. The molecule has 0 aromatic heterocycles. The van der Waals surface area contributed by atoms with Crippen molar-refractivity contribution in [3.63, 3.8) is 0 Å². The number of Topliss-reactive ketones (excluding diaryl/α,β-unsaturated/α-hetero) is 1. The van der Waals surface area contributed by atoms with Crippen LogP contribution in [0.25, 0.3) is 6.08 Å². The van der Waals surface area contributed by atoms with Gasteiger partial charge in [0.2, 0.25) is 0 Å². The third-order valence-electron chi connectivity index (χ3n) is 2.03. The lowest BCUT2D eigenvalue weighted by Gasteiger charge is -2.04. The highest BCUT2D eigenvalue weighted by molar-refractivity contribution is 6.01. The molecule has 0 heterocycles. The zero-order chi connectivity index (χ0) is 12.7. The quantitative estimate of drug-likeness (QED) is 0.442. The number of ketones is 1. The van der Waals surface area contributed by atoms with Gasteiger partial charge in [0.1, 0.15) is 11.8 Å². The first-order valence-electron chi connectivity index (χ1n) is 5.02. The predicted octanol–water partition coefficient (Wildman–Crippen LogP) is 2.17. The van der Waals surface area contributed by atoms with Crippen molar-refractivity contribution >= 4 is 11.9 Å². The van der Waals surface area contributed by atoms with E-state index < -0.39 is 0 Å². The first-order chi connectivity index (χ1) is 8.17. The van der Waals surface area contributed by atoms with Crippen LogP contribution in [-0.4, -0.2) is 19.7 Å². The molecular formula is C13H13NO3. The summed E-state index contributed by atoms with van der Waals surface area (Å²) in [6.07, 6.45) is 1.54. The molecule has 0 aliphatic rings. The summed E-state index contributed by atoms with van der Waals surface area (Å²) in [6.45, 7) is 1.55. The summed E-state index contributed by atoms with van der Waals surface area (Å²) >= 11 is 0. The van der Waals surface area contributed by atoms with Gasteiger partial charge in [0.05, 0.1) is 5.57 Å². The van der Waals surface area contributed by atoms with Crippen LogP contribution in [0.1, 0.15) is 12.5 Å². The normalized spacial score (nSPS) is 10.8. The summed E-state index contributed by atoms with van der Waals surface area (Å²) in [6, 6.07) is 8.90. The minimum atomic E-state index is -0.243. The first-order valence-corrected chi connectivity index (χ1v) is 5.02. The van der Waals surface area contributed by atoms with Gasteiger partial charge in [0, 0.05) is 7.11 Å². The van der Waals surface area contributed by atoms with Crippen molar-refractivity contribution in [1.82, 2.24) is 0 Å². The number of benzene rings is 1. The SMILES string of the molecule is COCOc1ccc(/C=C(\C#N)C(C)=O)cc1. The molecule has 1 aromatic carbocycles. The maximum absolute atomic E-state index is 11.1. The van der Waals surface area contributed by atoms with Gasteiger partial charge in [0.15, 0.2) is 12.6 Å². The molecule has 0 atom stereocenters. The maximum atomic E-state index is 11.1. The zero-order valence-electron chi connectivity index (χ0n) is 9.77. The van der Waals surface area contributed by atoms with Crippen LogP contribution in [0.5, 0.6) is 5.75 Å². The van der Waals surface area contributed by atoms with E-state index >= 15 is 0 Å². The lowest BCUT2D eigenvalue weighted by molar-refractivity contribution is -0.113. The number of nitriles is 1. The van der Waals surface area contributed by atoms with Crippen molar-refractivity contribution < 1.29 is 14.3 Å². The van der Waals surface area contributed by atoms with E-state index in [4.69, 9.17) is 14.7 Å². The molecule has 4 heteroatoms. The molecule has 0 saturated carbocycles. The summed E-state index contributed by atoms with van der Waals surface area (Å²) in [5.74, 6) is 0.428. The van der Waals surface area contributed by atoms with Crippen LogP contribution in [-0.2, 0) is 9.53 Å². The molecule has 0 fully saturated rings. The van der Waals surface area contributed by atoms with Crippen LogP contribution in [0.3, 0.4) is 0 Å². The van der Waals surface area contributed by atoms with Gasteiger partial charge in [0.25, 0.3) is 0 Å². The molecule has 0 N–H and O–H groups in total. The fourth-order valence-electron chi connectivity index (χ4n) is 1.17. The molecule has 1 rings (SSSR count). The molecule has 0 aliphatic heterocycles. The smallest absolute Gasteiger partial charge is 0.188 e. The molecule has 0 radical (unpaired) electrons. The minimum Gasteiger partial charge on any atom is -0.468 e. The number of carbonyl (C=O) groups excluding carboxylic acids is 1. The summed E-state index contributed by atoms with van der Waals surface area (Å²) in [5.41, 5.74) is 0.914. The van der Waals surface area contributed by atoms with Gasteiger partial charge in [-0.2, -0.15) is 5.26 Å². The van der Waals surface area contributed by atoms with Crippen LogP contribution < -0.4 is 4.74 Å². The highest BCUT2D eigenvalue weighted by Crippen LogP contribution is 2.14. The van der Waals surface area contributed by atoms with Crippen LogP contribution in [0, 0.1) is 11.3 Å². The molecule has 0 spiro atoms. The van der Waals surface area contributed by atoms with Crippen molar-refractivity contribution in [2.75, 3.05) is 13.9 Å².